The van der Waals surface area contributed by atoms with Gasteiger partial charge >= 0.3 is 0 Å². The fourth-order valence-corrected chi connectivity index (χ4v) is 4.56. The average Bonchev–Trinajstić information content (AvgIpc) is 2.78. The number of aryl methyl sites for hydroxylation is 1. The number of amides is 1. The molecule has 0 aliphatic heterocycles. The molecule has 0 heterocycles. The van der Waals surface area contributed by atoms with E-state index in [1.54, 1.807) is 43.5 Å². The Hall–Kier alpha value is -3.29. The Bertz CT molecular complexity index is 1240. The molecular formula is C24H22ClNO5S. The first-order chi connectivity index (χ1) is 15.3. The van der Waals surface area contributed by atoms with Gasteiger partial charge in [0.2, 0.25) is 0 Å². The minimum absolute atomic E-state index is 0.0127. The Balaban J connectivity index is 2.04. The van der Waals surface area contributed by atoms with Crippen LogP contribution in [-0.4, -0.2) is 28.5 Å². The maximum Gasteiger partial charge on any atom is 0.271 e. The van der Waals surface area contributed by atoms with Gasteiger partial charge < -0.3 is 9.47 Å². The summed E-state index contributed by atoms with van der Waals surface area (Å²) in [6.07, 6.45) is 2.73. The highest BCUT2D eigenvalue weighted by Crippen LogP contribution is 2.32. The van der Waals surface area contributed by atoms with Gasteiger partial charge in [0.15, 0.2) is 0 Å². The lowest BCUT2D eigenvalue weighted by atomic mass is 10.2. The molecule has 0 saturated carbocycles. The molecule has 0 aliphatic carbocycles. The maximum absolute atomic E-state index is 13.4. The fourth-order valence-electron chi connectivity index (χ4n) is 2.93. The van der Waals surface area contributed by atoms with Crippen molar-refractivity contribution in [3.05, 3.63) is 89.0 Å². The van der Waals surface area contributed by atoms with Crippen LogP contribution in [0.2, 0.25) is 5.02 Å². The van der Waals surface area contributed by atoms with E-state index in [9.17, 15) is 13.2 Å². The second-order valence-electron chi connectivity index (χ2n) is 6.85. The molecule has 32 heavy (non-hydrogen) atoms. The van der Waals surface area contributed by atoms with E-state index in [0.717, 1.165) is 9.87 Å². The highest BCUT2D eigenvalue weighted by molar-refractivity contribution is 7.93. The van der Waals surface area contributed by atoms with Crippen molar-refractivity contribution in [2.24, 2.45) is 0 Å². The number of hydrogen-bond donors (Lipinski definition) is 0. The van der Waals surface area contributed by atoms with Gasteiger partial charge in [0, 0.05) is 6.08 Å². The van der Waals surface area contributed by atoms with E-state index in [-0.39, 0.29) is 15.6 Å². The third kappa shape index (κ3) is 5.12. The molecule has 3 rings (SSSR count). The molecule has 0 N–H and O–H groups in total. The molecule has 3 aromatic rings. The predicted octanol–water partition coefficient (Wildman–Crippen LogP) is 5.10. The van der Waals surface area contributed by atoms with Gasteiger partial charge in [-0.15, -0.1) is 0 Å². The molecule has 0 bridgehead atoms. The number of rotatable bonds is 7. The monoisotopic (exact) mass is 471 g/mol. The van der Waals surface area contributed by atoms with Crippen LogP contribution < -0.4 is 13.8 Å². The van der Waals surface area contributed by atoms with Crippen LogP contribution in [0.25, 0.3) is 6.08 Å². The number of carbonyl (C=O) groups is 1. The van der Waals surface area contributed by atoms with Crippen LogP contribution in [0.4, 0.5) is 5.69 Å². The van der Waals surface area contributed by atoms with Crippen molar-refractivity contribution >= 4 is 39.3 Å². The molecule has 8 heteroatoms. The molecule has 0 aromatic heterocycles. The van der Waals surface area contributed by atoms with E-state index in [2.05, 4.69) is 0 Å². The Morgan fingerprint density at radius 2 is 1.59 bits per heavy atom. The number of ether oxygens (including phenoxy) is 2. The summed E-state index contributed by atoms with van der Waals surface area (Å²) in [4.78, 5) is 13.1. The summed E-state index contributed by atoms with van der Waals surface area (Å²) >= 11 is 6.21. The second-order valence-corrected chi connectivity index (χ2v) is 9.04. The smallest absolute Gasteiger partial charge is 0.271 e. The molecule has 0 spiro atoms. The quantitative estimate of drug-likeness (QED) is 0.448. The lowest BCUT2D eigenvalue weighted by molar-refractivity contribution is -0.113. The maximum atomic E-state index is 13.4. The SMILES string of the molecule is COc1ccc(/C=C/C(=O)N(c2ccc(OC)c(Cl)c2)S(=O)(=O)c2ccc(C)cc2)cc1. The van der Waals surface area contributed by atoms with E-state index in [1.165, 1.54) is 49.6 Å². The molecule has 0 atom stereocenters. The van der Waals surface area contributed by atoms with Crippen LogP contribution in [0.15, 0.2) is 77.7 Å². The normalized spacial score (nSPS) is 11.4. The number of hydrogen-bond acceptors (Lipinski definition) is 5. The van der Waals surface area contributed by atoms with Gasteiger partial charge in [-0.2, -0.15) is 4.31 Å². The standard InChI is InChI=1S/C24H22ClNO5S/c1-17-4-12-21(13-5-17)32(28,29)26(19-9-14-23(31-3)22(25)16-19)24(27)15-8-18-6-10-20(30-2)11-7-18/h4-16H,1-3H3/b15-8+. The first kappa shape index (κ1) is 23.4. The van der Waals surface area contributed by atoms with Crippen LogP contribution in [0.1, 0.15) is 11.1 Å². The topological polar surface area (TPSA) is 72.9 Å². The Morgan fingerprint density at radius 3 is 2.16 bits per heavy atom. The van der Waals surface area contributed by atoms with Crippen molar-refractivity contribution in [3.63, 3.8) is 0 Å². The number of anilines is 1. The molecule has 166 valence electrons. The van der Waals surface area contributed by atoms with E-state index >= 15 is 0 Å². The molecule has 0 radical (unpaired) electrons. The molecule has 1 amide bonds. The van der Waals surface area contributed by atoms with Crippen LogP contribution in [0.5, 0.6) is 11.5 Å². The van der Waals surface area contributed by atoms with Crippen molar-refractivity contribution in [3.8, 4) is 11.5 Å². The van der Waals surface area contributed by atoms with Crippen LogP contribution >= 0.6 is 11.6 Å². The van der Waals surface area contributed by atoms with Gasteiger partial charge in [-0.3, -0.25) is 4.79 Å². The number of benzene rings is 3. The second kappa shape index (κ2) is 9.89. The Labute approximate surface area is 192 Å². The summed E-state index contributed by atoms with van der Waals surface area (Å²) in [5.41, 5.74) is 1.70. The van der Waals surface area contributed by atoms with Crippen LogP contribution in [0, 0.1) is 6.92 Å². The summed E-state index contributed by atoms with van der Waals surface area (Å²) in [6.45, 7) is 1.85. The number of halogens is 1. The molecular weight excluding hydrogens is 450 g/mol. The summed E-state index contributed by atoms with van der Waals surface area (Å²) in [7, 11) is -1.20. The summed E-state index contributed by atoms with van der Waals surface area (Å²) < 4.78 is 37.8. The van der Waals surface area contributed by atoms with Crippen molar-refractivity contribution in [1.82, 2.24) is 0 Å². The first-order valence-electron chi connectivity index (χ1n) is 9.58. The average molecular weight is 472 g/mol. The minimum atomic E-state index is -4.21. The molecule has 6 nitrogen and oxygen atoms in total. The number of methoxy groups -OCH3 is 2. The summed E-state index contributed by atoms with van der Waals surface area (Å²) in [6, 6.07) is 17.6. The molecule has 0 aliphatic rings. The Kier molecular flexibility index (Phi) is 7.22. The van der Waals surface area contributed by atoms with Gasteiger partial charge in [-0.1, -0.05) is 41.4 Å². The van der Waals surface area contributed by atoms with Gasteiger partial charge in [0.25, 0.3) is 15.9 Å². The molecule has 0 unspecified atom stereocenters. The highest BCUT2D eigenvalue weighted by Gasteiger charge is 2.30. The summed E-state index contributed by atoms with van der Waals surface area (Å²) in [5, 5.41) is 0.182. The highest BCUT2D eigenvalue weighted by atomic mass is 35.5. The van der Waals surface area contributed by atoms with E-state index < -0.39 is 15.9 Å². The predicted molar refractivity (Wildman–Crippen MR) is 126 cm³/mol. The largest absolute Gasteiger partial charge is 0.497 e. The van der Waals surface area contributed by atoms with Crippen LogP contribution in [-0.2, 0) is 14.8 Å². The van der Waals surface area contributed by atoms with Crippen molar-refractivity contribution in [1.29, 1.82) is 0 Å². The fraction of sp³-hybridized carbons (Fsp3) is 0.125. The van der Waals surface area contributed by atoms with E-state index in [0.29, 0.717) is 17.1 Å². The number of carbonyl (C=O) groups excluding carboxylic acids is 1. The van der Waals surface area contributed by atoms with Crippen molar-refractivity contribution in [2.75, 3.05) is 18.5 Å². The zero-order chi connectivity index (χ0) is 23.3. The van der Waals surface area contributed by atoms with Gasteiger partial charge in [-0.25, -0.2) is 8.42 Å². The first-order valence-corrected chi connectivity index (χ1v) is 11.4. The van der Waals surface area contributed by atoms with E-state index in [4.69, 9.17) is 21.1 Å². The third-order valence-corrected chi connectivity index (χ3v) is 6.70. The third-order valence-electron chi connectivity index (χ3n) is 4.66. The lowest BCUT2D eigenvalue weighted by Crippen LogP contribution is -2.35. The van der Waals surface area contributed by atoms with Crippen molar-refractivity contribution in [2.45, 2.75) is 11.8 Å². The summed E-state index contributed by atoms with van der Waals surface area (Å²) in [5.74, 6) is 0.289. The van der Waals surface area contributed by atoms with Gasteiger partial charge in [0.05, 0.1) is 29.8 Å². The molecule has 0 fully saturated rings. The minimum Gasteiger partial charge on any atom is -0.497 e. The van der Waals surface area contributed by atoms with E-state index in [1.807, 2.05) is 6.92 Å². The van der Waals surface area contributed by atoms with Crippen LogP contribution in [0.3, 0.4) is 0 Å². The number of nitrogens with zero attached hydrogens (tertiary/aromatic N) is 1. The van der Waals surface area contributed by atoms with Crippen molar-refractivity contribution < 1.29 is 22.7 Å². The van der Waals surface area contributed by atoms with Gasteiger partial charge in [-0.05, 0) is 61.0 Å². The molecule has 3 aromatic carbocycles. The zero-order valence-corrected chi connectivity index (χ0v) is 19.4. The molecule has 0 saturated heterocycles. The lowest BCUT2D eigenvalue weighted by Gasteiger charge is -2.22. The van der Waals surface area contributed by atoms with Gasteiger partial charge in [0.1, 0.15) is 11.5 Å². The zero-order valence-electron chi connectivity index (χ0n) is 17.8. The Morgan fingerprint density at radius 1 is 0.938 bits per heavy atom. The number of sulfonamides is 1.